The molecule has 0 aromatic heterocycles. The molecule has 0 spiro atoms. The van der Waals surface area contributed by atoms with E-state index in [-0.39, 0.29) is 0 Å². The average molecular weight is 196 g/mol. The molecule has 2 fully saturated rings. The molecule has 2 rings (SSSR count). The van der Waals surface area contributed by atoms with E-state index < -0.39 is 0 Å². The Labute approximate surface area is 86.1 Å². The molecular weight excluding hydrogens is 176 g/mol. The van der Waals surface area contributed by atoms with E-state index in [4.69, 9.17) is 4.74 Å². The Morgan fingerprint density at radius 3 is 2.86 bits per heavy atom. The molecule has 0 aromatic rings. The van der Waals surface area contributed by atoms with Crippen molar-refractivity contribution in [2.24, 2.45) is 5.92 Å². The summed E-state index contributed by atoms with van der Waals surface area (Å²) in [5, 5.41) is 3.38. The number of hydrogen-bond donors (Lipinski definition) is 1. The van der Waals surface area contributed by atoms with Gasteiger partial charge in [-0.3, -0.25) is 4.90 Å². The molecule has 1 aliphatic carbocycles. The summed E-state index contributed by atoms with van der Waals surface area (Å²) >= 11 is 0. The normalized spacial score (nSPS) is 32.6. The molecule has 1 N–H and O–H groups in total. The molecule has 3 nitrogen and oxygen atoms in total. The topological polar surface area (TPSA) is 24.5 Å². The highest BCUT2D eigenvalue weighted by molar-refractivity contribution is 5.01. The second-order valence-corrected chi connectivity index (χ2v) is 4.30. The van der Waals surface area contributed by atoms with Gasteiger partial charge in [-0.1, -0.05) is 6.58 Å². The molecule has 2 atom stereocenters. The van der Waals surface area contributed by atoms with Crippen molar-refractivity contribution in [1.82, 2.24) is 10.2 Å². The highest BCUT2D eigenvalue weighted by atomic mass is 16.5. The Balaban J connectivity index is 1.72. The Hall–Kier alpha value is -0.540. The van der Waals surface area contributed by atoms with Crippen molar-refractivity contribution >= 4 is 0 Å². The van der Waals surface area contributed by atoms with Crippen LogP contribution < -0.4 is 5.32 Å². The first kappa shape index (κ1) is 9.99. The standard InChI is InChI=1S/C11H20N2O/c1-9(14-2)7-10-8-11(10)13-5-3-12-4-6-13/h10-12H,1,3-8H2,2H3/t10?,11-/m0/s1. The second-order valence-electron chi connectivity index (χ2n) is 4.30. The van der Waals surface area contributed by atoms with E-state index in [9.17, 15) is 0 Å². The molecule has 14 heavy (non-hydrogen) atoms. The molecule has 1 unspecified atom stereocenters. The maximum atomic E-state index is 5.11. The van der Waals surface area contributed by atoms with Crippen LogP contribution in [-0.2, 0) is 4.74 Å². The monoisotopic (exact) mass is 196 g/mol. The third kappa shape index (κ3) is 2.28. The molecule has 0 amide bonds. The predicted octanol–water partition coefficient (Wildman–Crippen LogP) is 0.830. The van der Waals surface area contributed by atoms with Crippen LogP contribution in [0.15, 0.2) is 12.3 Å². The van der Waals surface area contributed by atoms with Gasteiger partial charge < -0.3 is 10.1 Å². The van der Waals surface area contributed by atoms with Crippen LogP contribution in [0.5, 0.6) is 0 Å². The zero-order valence-electron chi connectivity index (χ0n) is 8.96. The molecule has 3 heteroatoms. The summed E-state index contributed by atoms with van der Waals surface area (Å²) in [6.45, 7) is 8.59. The summed E-state index contributed by atoms with van der Waals surface area (Å²) < 4.78 is 5.11. The maximum Gasteiger partial charge on any atom is 0.0887 e. The first-order chi connectivity index (χ1) is 6.81. The van der Waals surface area contributed by atoms with E-state index in [1.165, 1.54) is 19.5 Å². The van der Waals surface area contributed by atoms with E-state index in [1.807, 2.05) is 0 Å². The fourth-order valence-electron chi connectivity index (χ4n) is 2.29. The first-order valence-corrected chi connectivity index (χ1v) is 5.48. The molecule has 2 aliphatic rings. The van der Waals surface area contributed by atoms with Crippen LogP contribution >= 0.6 is 0 Å². The Kier molecular flexibility index (Phi) is 3.08. The zero-order chi connectivity index (χ0) is 9.97. The van der Waals surface area contributed by atoms with Gasteiger partial charge in [0.25, 0.3) is 0 Å². The van der Waals surface area contributed by atoms with Crippen LogP contribution in [0.2, 0.25) is 0 Å². The summed E-state index contributed by atoms with van der Waals surface area (Å²) in [4.78, 5) is 2.60. The number of nitrogens with one attached hydrogen (secondary N) is 1. The number of piperazine rings is 1. The van der Waals surface area contributed by atoms with Gasteiger partial charge in [0.15, 0.2) is 0 Å². The maximum absolute atomic E-state index is 5.11. The van der Waals surface area contributed by atoms with E-state index in [1.54, 1.807) is 7.11 Å². The van der Waals surface area contributed by atoms with Gasteiger partial charge in [-0.25, -0.2) is 0 Å². The predicted molar refractivity (Wildman–Crippen MR) is 57.1 cm³/mol. The number of ether oxygens (including phenoxy) is 1. The van der Waals surface area contributed by atoms with Crippen LogP contribution in [-0.4, -0.2) is 44.2 Å². The lowest BCUT2D eigenvalue weighted by atomic mass is 10.2. The summed E-state index contributed by atoms with van der Waals surface area (Å²) in [7, 11) is 1.71. The van der Waals surface area contributed by atoms with Gasteiger partial charge in [0.1, 0.15) is 0 Å². The van der Waals surface area contributed by atoms with Crippen molar-refractivity contribution in [3.63, 3.8) is 0 Å². The van der Waals surface area contributed by atoms with Crippen LogP contribution in [0.1, 0.15) is 12.8 Å². The lowest BCUT2D eigenvalue weighted by Crippen LogP contribution is -2.44. The minimum atomic E-state index is 0.806. The van der Waals surface area contributed by atoms with E-state index in [0.29, 0.717) is 0 Å². The molecule has 0 bridgehead atoms. The molecule has 1 saturated carbocycles. The van der Waals surface area contributed by atoms with Crippen molar-refractivity contribution in [3.05, 3.63) is 12.3 Å². The highest BCUT2D eigenvalue weighted by Gasteiger charge is 2.41. The Morgan fingerprint density at radius 1 is 1.50 bits per heavy atom. The first-order valence-electron chi connectivity index (χ1n) is 5.48. The third-order valence-corrected chi connectivity index (χ3v) is 3.28. The van der Waals surface area contributed by atoms with Gasteiger partial charge in [-0.05, 0) is 12.3 Å². The minimum Gasteiger partial charge on any atom is -0.502 e. The van der Waals surface area contributed by atoms with Crippen molar-refractivity contribution in [2.75, 3.05) is 33.3 Å². The van der Waals surface area contributed by atoms with Gasteiger partial charge in [-0.2, -0.15) is 0 Å². The number of methoxy groups -OCH3 is 1. The molecule has 80 valence electrons. The van der Waals surface area contributed by atoms with E-state index >= 15 is 0 Å². The summed E-state index contributed by atoms with van der Waals surface area (Å²) in [6.07, 6.45) is 2.38. The largest absolute Gasteiger partial charge is 0.502 e. The number of rotatable bonds is 4. The second kappa shape index (κ2) is 4.32. The van der Waals surface area contributed by atoms with Crippen molar-refractivity contribution in [2.45, 2.75) is 18.9 Å². The lowest BCUT2D eigenvalue weighted by Gasteiger charge is -2.27. The number of hydrogen-bond acceptors (Lipinski definition) is 3. The summed E-state index contributed by atoms with van der Waals surface area (Å²) in [5.41, 5.74) is 0. The average Bonchev–Trinajstić information content (AvgIpc) is 2.98. The fourth-order valence-corrected chi connectivity index (χ4v) is 2.29. The van der Waals surface area contributed by atoms with Gasteiger partial charge in [-0.15, -0.1) is 0 Å². The third-order valence-electron chi connectivity index (χ3n) is 3.28. The van der Waals surface area contributed by atoms with Crippen molar-refractivity contribution in [3.8, 4) is 0 Å². The van der Waals surface area contributed by atoms with Crippen LogP contribution in [0.4, 0.5) is 0 Å². The van der Waals surface area contributed by atoms with E-state index in [0.717, 1.165) is 37.2 Å². The molecule has 0 aromatic carbocycles. The minimum absolute atomic E-state index is 0.806. The van der Waals surface area contributed by atoms with Gasteiger partial charge >= 0.3 is 0 Å². The van der Waals surface area contributed by atoms with Crippen LogP contribution in [0, 0.1) is 5.92 Å². The highest BCUT2D eigenvalue weighted by Crippen LogP contribution is 2.40. The van der Waals surface area contributed by atoms with Crippen LogP contribution in [0.3, 0.4) is 0 Å². The molecule has 0 radical (unpaired) electrons. The summed E-state index contributed by atoms with van der Waals surface area (Å²) in [6, 6.07) is 0.809. The van der Waals surface area contributed by atoms with Gasteiger partial charge in [0, 0.05) is 38.6 Å². The molecule has 1 aliphatic heterocycles. The molecule has 1 saturated heterocycles. The van der Waals surface area contributed by atoms with Gasteiger partial charge in [0.05, 0.1) is 12.9 Å². The van der Waals surface area contributed by atoms with Crippen molar-refractivity contribution in [1.29, 1.82) is 0 Å². The number of allylic oxidation sites excluding steroid dienone is 1. The lowest BCUT2D eigenvalue weighted by molar-refractivity contribution is 0.214. The SMILES string of the molecule is C=C(CC1C[C@@H]1N1CCNCC1)OC. The smallest absolute Gasteiger partial charge is 0.0887 e. The Morgan fingerprint density at radius 2 is 2.21 bits per heavy atom. The zero-order valence-corrected chi connectivity index (χ0v) is 8.96. The molecule has 1 heterocycles. The van der Waals surface area contributed by atoms with Gasteiger partial charge in [0.2, 0.25) is 0 Å². The van der Waals surface area contributed by atoms with Crippen LogP contribution in [0.25, 0.3) is 0 Å². The quantitative estimate of drug-likeness (QED) is 0.674. The fraction of sp³-hybridized carbons (Fsp3) is 0.818. The summed E-state index contributed by atoms with van der Waals surface area (Å²) in [5.74, 6) is 1.74. The Bertz CT molecular complexity index is 211. The van der Waals surface area contributed by atoms with Crippen molar-refractivity contribution < 1.29 is 4.74 Å². The van der Waals surface area contributed by atoms with E-state index in [2.05, 4.69) is 16.8 Å². The molecular formula is C11H20N2O. The number of nitrogens with zero attached hydrogens (tertiary/aromatic N) is 1.